The smallest absolute Gasteiger partial charge is 0.124 e. The monoisotopic (exact) mass is 166 g/mol. The van der Waals surface area contributed by atoms with Crippen LogP contribution in [0.4, 0.5) is 5.82 Å². The van der Waals surface area contributed by atoms with Crippen molar-refractivity contribution in [3.05, 3.63) is 11.3 Å². The standard InChI is InChI=1S/C8H14N4/c1-12-8(10)6-3-2-5(9)4-7(6)11-12/h5H,2-4,9-10H2,1H3. The van der Waals surface area contributed by atoms with Gasteiger partial charge in [0.05, 0.1) is 5.69 Å². The van der Waals surface area contributed by atoms with Crippen LogP contribution in [0.3, 0.4) is 0 Å². The number of nitrogens with two attached hydrogens (primary N) is 2. The molecule has 0 saturated heterocycles. The SMILES string of the molecule is Cn1nc2c(c1N)CCC(N)C2. The summed E-state index contributed by atoms with van der Waals surface area (Å²) in [6.45, 7) is 0. The average molecular weight is 166 g/mol. The van der Waals surface area contributed by atoms with Crippen LogP contribution < -0.4 is 11.5 Å². The Morgan fingerprint density at radius 1 is 1.58 bits per heavy atom. The molecule has 0 bridgehead atoms. The molecule has 0 spiro atoms. The molecule has 0 radical (unpaired) electrons. The Labute approximate surface area is 71.5 Å². The van der Waals surface area contributed by atoms with Crippen LogP contribution in [0.1, 0.15) is 17.7 Å². The molecule has 66 valence electrons. The van der Waals surface area contributed by atoms with E-state index in [0.29, 0.717) is 0 Å². The van der Waals surface area contributed by atoms with Crippen LogP contribution in [0.15, 0.2) is 0 Å². The molecule has 1 aliphatic carbocycles. The predicted octanol–water partition coefficient (Wildman–Crippen LogP) is -0.182. The third-order valence-corrected chi connectivity index (χ3v) is 2.50. The molecule has 0 saturated carbocycles. The van der Waals surface area contributed by atoms with Crippen molar-refractivity contribution in [2.45, 2.75) is 25.3 Å². The Morgan fingerprint density at radius 3 is 3.08 bits per heavy atom. The van der Waals surface area contributed by atoms with Crippen LogP contribution in [-0.2, 0) is 19.9 Å². The van der Waals surface area contributed by atoms with Gasteiger partial charge in [-0.2, -0.15) is 5.10 Å². The second-order valence-corrected chi connectivity index (χ2v) is 3.44. The molecule has 1 aromatic rings. The third kappa shape index (κ3) is 0.992. The Hall–Kier alpha value is -1.03. The van der Waals surface area contributed by atoms with E-state index in [4.69, 9.17) is 11.5 Å². The molecule has 0 fully saturated rings. The van der Waals surface area contributed by atoms with Gasteiger partial charge in [-0.1, -0.05) is 0 Å². The van der Waals surface area contributed by atoms with E-state index in [0.717, 1.165) is 30.8 Å². The first-order chi connectivity index (χ1) is 5.68. The molecule has 2 rings (SSSR count). The fourth-order valence-corrected chi connectivity index (χ4v) is 1.75. The highest BCUT2D eigenvalue weighted by molar-refractivity contribution is 5.44. The number of aryl methyl sites for hydroxylation is 1. The number of nitrogens with zero attached hydrogens (tertiary/aromatic N) is 2. The molecule has 4 heteroatoms. The number of nitrogen functional groups attached to an aromatic ring is 1. The minimum atomic E-state index is 0.270. The van der Waals surface area contributed by atoms with Gasteiger partial charge in [0, 0.05) is 25.1 Å². The first-order valence-electron chi connectivity index (χ1n) is 4.24. The van der Waals surface area contributed by atoms with Crippen LogP contribution in [0, 0.1) is 0 Å². The maximum Gasteiger partial charge on any atom is 0.124 e. The Balaban J connectivity index is 2.43. The van der Waals surface area contributed by atoms with Gasteiger partial charge in [-0.05, 0) is 12.8 Å². The molecule has 1 aromatic heterocycles. The molecule has 1 aliphatic rings. The van der Waals surface area contributed by atoms with E-state index in [1.165, 1.54) is 5.56 Å². The van der Waals surface area contributed by atoms with Gasteiger partial charge in [-0.3, -0.25) is 4.68 Å². The number of fused-ring (bicyclic) bond motifs is 1. The predicted molar refractivity (Wildman–Crippen MR) is 47.6 cm³/mol. The number of hydrogen-bond acceptors (Lipinski definition) is 3. The van der Waals surface area contributed by atoms with Crippen LogP contribution in [-0.4, -0.2) is 15.8 Å². The maximum absolute atomic E-state index is 5.83. The van der Waals surface area contributed by atoms with E-state index in [1.807, 2.05) is 7.05 Å². The quantitative estimate of drug-likeness (QED) is 0.561. The van der Waals surface area contributed by atoms with E-state index in [2.05, 4.69) is 5.10 Å². The summed E-state index contributed by atoms with van der Waals surface area (Å²) in [6.07, 6.45) is 2.89. The van der Waals surface area contributed by atoms with Gasteiger partial charge in [-0.25, -0.2) is 0 Å². The summed E-state index contributed by atoms with van der Waals surface area (Å²) in [5.74, 6) is 0.803. The molecule has 0 aliphatic heterocycles. The first-order valence-corrected chi connectivity index (χ1v) is 4.24. The third-order valence-electron chi connectivity index (χ3n) is 2.50. The summed E-state index contributed by atoms with van der Waals surface area (Å²) in [6, 6.07) is 0.270. The normalized spacial score (nSPS) is 22.3. The zero-order valence-corrected chi connectivity index (χ0v) is 7.25. The van der Waals surface area contributed by atoms with Gasteiger partial charge in [-0.15, -0.1) is 0 Å². The van der Waals surface area contributed by atoms with E-state index in [-0.39, 0.29) is 6.04 Å². The second-order valence-electron chi connectivity index (χ2n) is 3.44. The molecule has 0 aromatic carbocycles. The van der Waals surface area contributed by atoms with Crippen molar-refractivity contribution in [1.29, 1.82) is 0 Å². The number of aromatic nitrogens is 2. The highest BCUT2D eigenvalue weighted by atomic mass is 15.3. The van der Waals surface area contributed by atoms with Crippen LogP contribution in [0.2, 0.25) is 0 Å². The van der Waals surface area contributed by atoms with E-state index >= 15 is 0 Å². The summed E-state index contributed by atoms with van der Waals surface area (Å²) in [7, 11) is 1.87. The van der Waals surface area contributed by atoms with Crippen molar-refractivity contribution >= 4 is 5.82 Å². The van der Waals surface area contributed by atoms with Gasteiger partial charge in [0.2, 0.25) is 0 Å². The Bertz CT molecular complexity index is 302. The molecule has 1 atom stereocenters. The highest BCUT2D eigenvalue weighted by Crippen LogP contribution is 2.24. The molecular weight excluding hydrogens is 152 g/mol. The molecule has 4 nitrogen and oxygen atoms in total. The van der Waals surface area contributed by atoms with Gasteiger partial charge in [0.15, 0.2) is 0 Å². The highest BCUT2D eigenvalue weighted by Gasteiger charge is 2.21. The Morgan fingerprint density at radius 2 is 2.33 bits per heavy atom. The van der Waals surface area contributed by atoms with E-state index < -0.39 is 0 Å². The van der Waals surface area contributed by atoms with Crippen LogP contribution >= 0.6 is 0 Å². The molecular formula is C8H14N4. The minimum Gasteiger partial charge on any atom is -0.384 e. The first kappa shape index (κ1) is 7.61. The lowest BCUT2D eigenvalue weighted by Crippen LogP contribution is -2.27. The molecule has 1 heterocycles. The number of hydrogen-bond donors (Lipinski definition) is 2. The zero-order chi connectivity index (χ0) is 8.72. The summed E-state index contributed by atoms with van der Waals surface area (Å²) in [4.78, 5) is 0. The van der Waals surface area contributed by atoms with Crippen molar-refractivity contribution in [2.24, 2.45) is 12.8 Å². The zero-order valence-electron chi connectivity index (χ0n) is 7.25. The summed E-state index contributed by atoms with van der Waals surface area (Å²) >= 11 is 0. The summed E-state index contributed by atoms with van der Waals surface area (Å²) in [5, 5.41) is 4.31. The van der Waals surface area contributed by atoms with Gasteiger partial charge >= 0.3 is 0 Å². The Kier molecular flexibility index (Phi) is 1.58. The largest absolute Gasteiger partial charge is 0.384 e. The van der Waals surface area contributed by atoms with Crippen molar-refractivity contribution in [1.82, 2.24) is 9.78 Å². The van der Waals surface area contributed by atoms with E-state index in [1.54, 1.807) is 4.68 Å². The molecule has 0 amide bonds. The van der Waals surface area contributed by atoms with Crippen molar-refractivity contribution in [3.63, 3.8) is 0 Å². The molecule has 1 unspecified atom stereocenters. The van der Waals surface area contributed by atoms with E-state index in [9.17, 15) is 0 Å². The molecule has 12 heavy (non-hydrogen) atoms. The van der Waals surface area contributed by atoms with Crippen molar-refractivity contribution in [3.8, 4) is 0 Å². The lowest BCUT2D eigenvalue weighted by Gasteiger charge is -2.16. The number of rotatable bonds is 0. The molecule has 4 N–H and O–H groups in total. The van der Waals surface area contributed by atoms with Gasteiger partial charge in [0.1, 0.15) is 5.82 Å². The van der Waals surface area contributed by atoms with Gasteiger partial charge in [0.25, 0.3) is 0 Å². The lowest BCUT2D eigenvalue weighted by molar-refractivity contribution is 0.566. The van der Waals surface area contributed by atoms with Gasteiger partial charge < -0.3 is 11.5 Å². The maximum atomic E-state index is 5.83. The fourth-order valence-electron chi connectivity index (χ4n) is 1.75. The van der Waals surface area contributed by atoms with Crippen LogP contribution in [0.5, 0.6) is 0 Å². The average Bonchev–Trinajstić information content (AvgIpc) is 2.28. The van der Waals surface area contributed by atoms with Crippen molar-refractivity contribution in [2.75, 3.05) is 5.73 Å². The minimum absolute atomic E-state index is 0.270. The second kappa shape index (κ2) is 2.48. The van der Waals surface area contributed by atoms with Crippen molar-refractivity contribution < 1.29 is 0 Å². The number of anilines is 1. The van der Waals surface area contributed by atoms with Crippen LogP contribution in [0.25, 0.3) is 0 Å². The topological polar surface area (TPSA) is 69.9 Å². The summed E-state index contributed by atoms with van der Waals surface area (Å²) < 4.78 is 1.74. The fraction of sp³-hybridized carbons (Fsp3) is 0.625. The lowest BCUT2D eigenvalue weighted by atomic mass is 9.94. The summed E-state index contributed by atoms with van der Waals surface area (Å²) in [5.41, 5.74) is 13.9.